The Morgan fingerprint density at radius 3 is 2.72 bits per heavy atom. The second-order valence-corrected chi connectivity index (χ2v) is 5.55. The van der Waals surface area contributed by atoms with Gasteiger partial charge >= 0.3 is 0 Å². The topological polar surface area (TPSA) is 80.0 Å². The van der Waals surface area contributed by atoms with E-state index in [1.165, 1.54) is 0 Å². The summed E-state index contributed by atoms with van der Waals surface area (Å²) in [6.45, 7) is 9.25. The number of anilines is 1. The smallest absolute Gasteiger partial charge is 0.251 e. The molecule has 5 nitrogen and oxygen atoms in total. The van der Waals surface area contributed by atoms with Crippen molar-refractivity contribution in [1.29, 1.82) is 0 Å². The number of nitrogens with zero attached hydrogens (tertiary/aromatic N) is 1. The lowest BCUT2D eigenvalue weighted by atomic mass is 9.82. The van der Waals surface area contributed by atoms with Crippen molar-refractivity contribution in [3.8, 4) is 0 Å². The summed E-state index contributed by atoms with van der Waals surface area (Å²) < 4.78 is 0. The third-order valence-corrected chi connectivity index (χ3v) is 3.22. The first-order valence-electron chi connectivity index (χ1n) is 6.05. The van der Waals surface area contributed by atoms with Gasteiger partial charge in [0.05, 0.1) is 0 Å². The fourth-order valence-corrected chi connectivity index (χ4v) is 1.30. The Balaban J connectivity index is 2.60. The van der Waals surface area contributed by atoms with E-state index in [1.54, 1.807) is 18.3 Å². The van der Waals surface area contributed by atoms with Crippen molar-refractivity contribution in [3.05, 3.63) is 23.9 Å². The molecule has 0 saturated carbocycles. The van der Waals surface area contributed by atoms with Gasteiger partial charge in [0.15, 0.2) is 0 Å². The van der Waals surface area contributed by atoms with Crippen LogP contribution in [-0.2, 0) is 0 Å². The lowest BCUT2D eigenvalue weighted by molar-refractivity contribution is 0.0937. The Labute approximate surface area is 108 Å². The summed E-state index contributed by atoms with van der Waals surface area (Å²) in [5.41, 5.74) is 3.15. The third-order valence-electron chi connectivity index (χ3n) is 3.22. The summed E-state index contributed by atoms with van der Waals surface area (Å²) in [5, 5.41) is 2.92. The van der Waals surface area contributed by atoms with Crippen LogP contribution in [0.25, 0.3) is 0 Å². The molecule has 0 aromatic carbocycles. The first-order valence-corrected chi connectivity index (χ1v) is 6.05. The molecule has 100 valence electrons. The Bertz CT molecular complexity index is 412. The molecule has 1 amide bonds. The van der Waals surface area contributed by atoms with Crippen LogP contribution in [0.4, 0.5) is 5.82 Å². The summed E-state index contributed by atoms with van der Waals surface area (Å²) in [6, 6.07) is 3.29. The molecule has 4 N–H and O–H groups in total. The molecule has 1 aromatic rings. The molecule has 0 aliphatic carbocycles. The molecular formula is C13H22N4O. The number of nitrogens with one attached hydrogen (secondary N) is 2. The highest BCUT2D eigenvalue weighted by Crippen LogP contribution is 2.24. The van der Waals surface area contributed by atoms with Crippen LogP contribution in [0.2, 0.25) is 0 Å². The van der Waals surface area contributed by atoms with Crippen molar-refractivity contribution < 1.29 is 4.79 Å². The number of carbonyl (C=O) groups is 1. The molecule has 18 heavy (non-hydrogen) atoms. The van der Waals surface area contributed by atoms with Gasteiger partial charge in [-0.1, -0.05) is 27.7 Å². The van der Waals surface area contributed by atoms with E-state index in [2.05, 4.69) is 43.4 Å². The highest BCUT2D eigenvalue weighted by atomic mass is 16.1. The summed E-state index contributed by atoms with van der Waals surface area (Å²) in [4.78, 5) is 15.9. The number of amides is 1. The van der Waals surface area contributed by atoms with Crippen LogP contribution >= 0.6 is 0 Å². The number of nitrogen functional groups attached to an aromatic ring is 1. The van der Waals surface area contributed by atoms with Gasteiger partial charge < -0.3 is 10.7 Å². The quantitative estimate of drug-likeness (QED) is 0.562. The molecule has 0 spiro atoms. The summed E-state index contributed by atoms with van der Waals surface area (Å²) in [5.74, 6) is 6.02. The van der Waals surface area contributed by atoms with Gasteiger partial charge in [-0.3, -0.25) is 4.79 Å². The summed E-state index contributed by atoms with van der Waals surface area (Å²) in [7, 11) is 0. The standard InChI is InChI=1S/C13H22N4O/c1-9(13(2,3)4)8-16-12(18)10-5-6-15-11(7-10)17-14/h5-7,9H,8,14H2,1-4H3,(H,15,17)(H,16,18). The number of hydrogen-bond acceptors (Lipinski definition) is 4. The highest BCUT2D eigenvalue weighted by molar-refractivity contribution is 5.94. The second-order valence-electron chi connectivity index (χ2n) is 5.55. The van der Waals surface area contributed by atoms with Crippen LogP contribution in [-0.4, -0.2) is 17.4 Å². The normalized spacial score (nSPS) is 12.9. The Hall–Kier alpha value is -1.62. The molecule has 0 bridgehead atoms. The average molecular weight is 250 g/mol. The molecule has 0 aliphatic heterocycles. The number of carbonyl (C=O) groups excluding carboxylic acids is 1. The van der Waals surface area contributed by atoms with Gasteiger partial charge in [0.25, 0.3) is 5.91 Å². The van der Waals surface area contributed by atoms with E-state index in [-0.39, 0.29) is 11.3 Å². The van der Waals surface area contributed by atoms with Crippen molar-refractivity contribution in [1.82, 2.24) is 10.3 Å². The molecule has 0 radical (unpaired) electrons. The van der Waals surface area contributed by atoms with Crippen molar-refractivity contribution in [2.45, 2.75) is 27.7 Å². The van der Waals surface area contributed by atoms with E-state index in [1.807, 2.05) is 0 Å². The molecule has 1 aromatic heterocycles. The van der Waals surface area contributed by atoms with Gasteiger partial charge in [0, 0.05) is 18.3 Å². The van der Waals surface area contributed by atoms with Crippen LogP contribution < -0.4 is 16.6 Å². The number of pyridine rings is 1. The van der Waals surface area contributed by atoms with Gasteiger partial charge in [0.1, 0.15) is 5.82 Å². The summed E-state index contributed by atoms with van der Waals surface area (Å²) >= 11 is 0. The monoisotopic (exact) mass is 250 g/mol. The van der Waals surface area contributed by atoms with E-state index in [0.29, 0.717) is 23.8 Å². The maximum Gasteiger partial charge on any atom is 0.251 e. The molecule has 0 saturated heterocycles. The van der Waals surface area contributed by atoms with E-state index in [0.717, 1.165) is 0 Å². The Morgan fingerprint density at radius 1 is 1.50 bits per heavy atom. The minimum absolute atomic E-state index is 0.106. The maximum absolute atomic E-state index is 11.9. The van der Waals surface area contributed by atoms with Crippen molar-refractivity contribution in [2.24, 2.45) is 17.2 Å². The van der Waals surface area contributed by atoms with E-state index in [4.69, 9.17) is 5.84 Å². The molecule has 1 heterocycles. The van der Waals surface area contributed by atoms with Gasteiger partial charge in [0.2, 0.25) is 0 Å². The number of hydrazine groups is 1. The minimum atomic E-state index is -0.106. The number of aromatic nitrogens is 1. The van der Waals surface area contributed by atoms with Gasteiger partial charge in [-0.2, -0.15) is 0 Å². The number of rotatable bonds is 4. The van der Waals surface area contributed by atoms with Gasteiger partial charge in [-0.25, -0.2) is 10.8 Å². The molecule has 1 atom stereocenters. The minimum Gasteiger partial charge on any atom is -0.352 e. The first-order chi connectivity index (χ1) is 8.34. The highest BCUT2D eigenvalue weighted by Gasteiger charge is 2.20. The molecule has 0 fully saturated rings. The molecular weight excluding hydrogens is 228 g/mol. The van der Waals surface area contributed by atoms with Crippen LogP contribution in [0.15, 0.2) is 18.3 Å². The second kappa shape index (κ2) is 5.82. The first kappa shape index (κ1) is 14.4. The van der Waals surface area contributed by atoms with Crippen LogP contribution in [0.5, 0.6) is 0 Å². The van der Waals surface area contributed by atoms with Crippen LogP contribution in [0.1, 0.15) is 38.1 Å². The molecule has 1 unspecified atom stereocenters. The predicted molar refractivity (Wildman–Crippen MR) is 73.0 cm³/mol. The van der Waals surface area contributed by atoms with Gasteiger partial charge in [-0.05, 0) is 23.5 Å². The fraction of sp³-hybridized carbons (Fsp3) is 0.538. The van der Waals surface area contributed by atoms with Crippen LogP contribution in [0, 0.1) is 11.3 Å². The Kier molecular flexibility index (Phi) is 4.67. The molecule has 0 aliphatic rings. The van der Waals surface area contributed by atoms with E-state index >= 15 is 0 Å². The van der Waals surface area contributed by atoms with E-state index in [9.17, 15) is 4.79 Å². The zero-order valence-corrected chi connectivity index (χ0v) is 11.4. The lowest BCUT2D eigenvalue weighted by Crippen LogP contribution is -2.33. The SMILES string of the molecule is CC(CNC(=O)c1ccnc(NN)c1)C(C)(C)C. The number of nitrogens with two attached hydrogens (primary N) is 1. The third kappa shape index (κ3) is 4.00. The van der Waals surface area contributed by atoms with Crippen LogP contribution in [0.3, 0.4) is 0 Å². The van der Waals surface area contributed by atoms with E-state index < -0.39 is 0 Å². The Morgan fingerprint density at radius 2 is 2.17 bits per heavy atom. The fourth-order valence-electron chi connectivity index (χ4n) is 1.30. The van der Waals surface area contributed by atoms with Gasteiger partial charge in [-0.15, -0.1) is 0 Å². The largest absolute Gasteiger partial charge is 0.352 e. The zero-order chi connectivity index (χ0) is 13.8. The maximum atomic E-state index is 11.9. The lowest BCUT2D eigenvalue weighted by Gasteiger charge is -2.27. The van der Waals surface area contributed by atoms with Crippen molar-refractivity contribution in [2.75, 3.05) is 12.0 Å². The molecule has 5 heteroatoms. The average Bonchev–Trinajstić information content (AvgIpc) is 2.34. The van der Waals surface area contributed by atoms with Crippen molar-refractivity contribution >= 4 is 11.7 Å². The zero-order valence-electron chi connectivity index (χ0n) is 11.4. The molecule has 1 rings (SSSR count). The predicted octanol–water partition coefficient (Wildman–Crippen LogP) is 1.78. The van der Waals surface area contributed by atoms with Crippen molar-refractivity contribution in [3.63, 3.8) is 0 Å². The number of hydrogen-bond donors (Lipinski definition) is 3. The summed E-state index contributed by atoms with van der Waals surface area (Å²) in [6.07, 6.45) is 1.55.